The molecule has 5 nitrogen and oxygen atoms in total. The highest BCUT2D eigenvalue weighted by atomic mass is 32.1. The van der Waals surface area contributed by atoms with Gasteiger partial charge in [0.1, 0.15) is 0 Å². The molecule has 0 aliphatic heterocycles. The lowest BCUT2D eigenvalue weighted by atomic mass is 10.1. The minimum absolute atomic E-state index is 0.106. The molecule has 2 heterocycles. The first-order valence-corrected chi connectivity index (χ1v) is 6.43. The molecule has 0 aliphatic carbocycles. The Hall–Kier alpha value is -1.24. The molecule has 0 amide bonds. The molecule has 1 atom stereocenters. The van der Waals surface area contributed by atoms with E-state index in [0.717, 1.165) is 23.5 Å². The molecule has 2 aromatic rings. The van der Waals surface area contributed by atoms with E-state index in [-0.39, 0.29) is 6.04 Å². The van der Waals surface area contributed by atoms with E-state index in [1.165, 1.54) is 5.69 Å². The average molecular weight is 251 g/mol. The summed E-state index contributed by atoms with van der Waals surface area (Å²) >= 11 is 1.65. The summed E-state index contributed by atoms with van der Waals surface area (Å²) in [5, 5.41) is 7.28. The maximum Gasteiger partial charge on any atom is 0.0898 e. The highest BCUT2D eigenvalue weighted by Crippen LogP contribution is 2.20. The van der Waals surface area contributed by atoms with Crippen LogP contribution in [0.2, 0.25) is 0 Å². The molecule has 1 unspecified atom stereocenters. The Morgan fingerprint density at radius 1 is 1.59 bits per heavy atom. The van der Waals surface area contributed by atoms with E-state index in [0.29, 0.717) is 0 Å². The van der Waals surface area contributed by atoms with Crippen LogP contribution in [0.25, 0.3) is 0 Å². The molecule has 3 N–H and O–H groups in total. The lowest BCUT2D eigenvalue weighted by Crippen LogP contribution is -2.28. The van der Waals surface area contributed by atoms with E-state index >= 15 is 0 Å². The zero-order chi connectivity index (χ0) is 12.3. The number of hydrogen-bond acceptors (Lipinski definition) is 5. The molecule has 0 radical (unpaired) electrons. The lowest BCUT2D eigenvalue weighted by Gasteiger charge is -2.13. The van der Waals surface area contributed by atoms with Gasteiger partial charge >= 0.3 is 0 Å². The Morgan fingerprint density at radius 3 is 2.94 bits per heavy atom. The third kappa shape index (κ3) is 2.91. The highest BCUT2D eigenvalue weighted by molar-refractivity contribution is 7.09. The maximum atomic E-state index is 5.58. The SMILES string of the molecule is Cc1nc(C(CCc2ccnn2C)NN)cs1. The summed E-state index contributed by atoms with van der Waals surface area (Å²) in [6.45, 7) is 2.00. The summed E-state index contributed by atoms with van der Waals surface area (Å²) in [4.78, 5) is 4.46. The fourth-order valence-electron chi connectivity index (χ4n) is 1.80. The summed E-state index contributed by atoms with van der Waals surface area (Å²) in [5.74, 6) is 5.58. The fourth-order valence-corrected chi connectivity index (χ4v) is 2.46. The van der Waals surface area contributed by atoms with Gasteiger partial charge in [-0.15, -0.1) is 11.3 Å². The number of aromatic nitrogens is 3. The van der Waals surface area contributed by atoms with Crippen LogP contribution in [-0.2, 0) is 13.5 Å². The van der Waals surface area contributed by atoms with E-state index in [1.54, 1.807) is 11.3 Å². The second-order valence-corrected chi connectivity index (χ2v) is 5.06. The predicted octanol–water partition coefficient (Wildman–Crippen LogP) is 1.32. The van der Waals surface area contributed by atoms with Crippen molar-refractivity contribution in [2.45, 2.75) is 25.8 Å². The number of nitrogens with zero attached hydrogens (tertiary/aromatic N) is 3. The first-order chi connectivity index (χ1) is 8.20. The van der Waals surface area contributed by atoms with Crippen LogP contribution in [0.15, 0.2) is 17.6 Å². The van der Waals surface area contributed by atoms with Crippen molar-refractivity contribution in [2.75, 3.05) is 0 Å². The summed E-state index contributed by atoms with van der Waals surface area (Å²) in [7, 11) is 1.95. The van der Waals surface area contributed by atoms with E-state index in [1.807, 2.05) is 30.9 Å². The van der Waals surface area contributed by atoms with Crippen LogP contribution in [0.4, 0.5) is 0 Å². The van der Waals surface area contributed by atoms with Gasteiger partial charge in [0.05, 0.1) is 16.7 Å². The van der Waals surface area contributed by atoms with Gasteiger partial charge in [0.2, 0.25) is 0 Å². The van der Waals surface area contributed by atoms with Gasteiger partial charge in [-0.05, 0) is 25.8 Å². The molecule has 2 aromatic heterocycles. The zero-order valence-electron chi connectivity index (χ0n) is 10.1. The Labute approximate surface area is 105 Å². The van der Waals surface area contributed by atoms with E-state index in [2.05, 4.69) is 20.9 Å². The largest absolute Gasteiger partial charge is 0.273 e. The van der Waals surface area contributed by atoms with Crippen molar-refractivity contribution in [3.8, 4) is 0 Å². The molecule has 0 fully saturated rings. The van der Waals surface area contributed by atoms with Crippen molar-refractivity contribution in [3.63, 3.8) is 0 Å². The van der Waals surface area contributed by atoms with Gasteiger partial charge in [-0.25, -0.2) is 4.98 Å². The van der Waals surface area contributed by atoms with Gasteiger partial charge in [0.15, 0.2) is 0 Å². The van der Waals surface area contributed by atoms with Crippen LogP contribution in [0.5, 0.6) is 0 Å². The van der Waals surface area contributed by atoms with Crippen LogP contribution in [0, 0.1) is 6.92 Å². The van der Waals surface area contributed by atoms with Crippen LogP contribution in [0.1, 0.15) is 28.9 Å². The molecule has 0 aromatic carbocycles. The van der Waals surface area contributed by atoms with Gasteiger partial charge in [-0.1, -0.05) is 0 Å². The van der Waals surface area contributed by atoms with Crippen LogP contribution in [-0.4, -0.2) is 14.8 Å². The summed E-state index contributed by atoms with van der Waals surface area (Å²) in [5.41, 5.74) is 5.06. The zero-order valence-corrected chi connectivity index (χ0v) is 10.9. The van der Waals surface area contributed by atoms with E-state index in [4.69, 9.17) is 5.84 Å². The number of hydrazine groups is 1. The Morgan fingerprint density at radius 2 is 2.41 bits per heavy atom. The predicted molar refractivity (Wildman–Crippen MR) is 68.4 cm³/mol. The number of nitrogens with one attached hydrogen (secondary N) is 1. The summed E-state index contributed by atoms with van der Waals surface area (Å²) in [6.07, 6.45) is 3.66. The molecule has 0 saturated carbocycles. The number of hydrogen-bond donors (Lipinski definition) is 2. The highest BCUT2D eigenvalue weighted by Gasteiger charge is 2.13. The molecule has 2 rings (SSSR count). The Kier molecular flexibility index (Phi) is 3.88. The normalized spacial score (nSPS) is 12.9. The Balaban J connectivity index is 1.99. The van der Waals surface area contributed by atoms with Crippen molar-refractivity contribution >= 4 is 11.3 Å². The smallest absolute Gasteiger partial charge is 0.0898 e. The molecular formula is C11H17N5S. The molecular weight excluding hydrogens is 234 g/mol. The number of aryl methyl sites for hydroxylation is 3. The van der Waals surface area contributed by atoms with Crippen molar-refractivity contribution in [1.82, 2.24) is 20.2 Å². The third-order valence-corrected chi connectivity index (χ3v) is 3.60. The van der Waals surface area contributed by atoms with Gasteiger partial charge in [-0.3, -0.25) is 16.0 Å². The van der Waals surface area contributed by atoms with Crippen molar-refractivity contribution in [2.24, 2.45) is 12.9 Å². The average Bonchev–Trinajstić information content (AvgIpc) is 2.90. The molecule has 17 heavy (non-hydrogen) atoms. The van der Waals surface area contributed by atoms with Crippen LogP contribution < -0.4 is 11.3 Å². The third-order valence-electron chi connectivity index (χ3n) is 2.81. The minimum atomic E-state index is 0.106. The first-order valence-electron chi connectivity index (χ1n) is 5.55. The van der Waals surface area contributed by atoms with E-state index in [9.17, 15) is 0 Å². The Bertz CT molecular complexity index is 476. The van der Waals surface area contributed by atoms with Gasteiger partial charge in [0, 0.05) is 24.3 Å². The van der Waals surface area contributed by atoms with Gasteiger partial charge in [0.25, 0.3) is 0 Å². The quantitative estimate of drug-likeness (QED) is 0.621. The standard InChI is InChI=1S/C11H17N5S/c1-8-14-11(7-17-8)10(15-12)4-3-9-5-6-13-16(9)2/h5-7,10,15H,3-4,12H2,1-2H3. The number of rotatable bonds is 5. The topological polar surface area (TPSA) is 68.8 Å². The number of nitrogens with two attached hydrogens (primary N) is 1. The van der Waals surface area contributed by atoms with Crippen LogP contribution >= 0.6 is 11.3 Å². The minimum Gasteiger partial charge on any atom is -0.273 e. The van der Waals surface area contributed by atoms with Crippen molar-refractivity contribution in [1.29, 1.82) is 0 Å². The lowest BCUT2D eigenvalue weighted by molar-refractivity contribution is 0.497. The molecule has 0 bridgehead atoms. The van der Waals surface area contributed by atoms with Crippen LogP contribution in [0.3, 0.4) is 0 Å². The number of thiazole rings is 1. The first kappa shape index (κ1) is 12.2. The summed E-state index contributed by atoms with van der Waals surface area (Å²) < 4.78 is 1.89. The second kappa shape index (κ2) is 5.39. The molecule has 0 aliphatic rings. The monoisotopic (exact) mass is 251 g/mol. The molecule has 92 valence electrons. The summed E-state index contributed by atoms with van der Waals surface area (Å²) in [6, 6.07) is 2.13. The second-order valence-electron chi connectivity index (χ2n) is 4.00. The molecule has 0 saturated heterocycles. The molecule has 0 spiro atoms. The van der Waals surface area contributed by atoms with Gasteiger partial charge in [-0.2, -0.15) is 5.10 Å². The van der Waals surface area contributed by atoms with Crippen molar-refractivity contribution in [3.05, 3.63) is 34.0 Å². The fraction of sp³-hybridized carbons (Fsp3) is 0.455. The van der Waals surface area contributed by atoms with Gasteiger partial charge < -0.3 is 0 Å². The maximum absolute atomic E-state index is 5.58. The van der Waals surface area contributed by atoms with E-state index < -0.39 is 0 Å². The molecule has 6 heteroatoms. The van der Waals surface area contributed by atoms with Crippen molar-refractivity contribution < 1.29 is 0 Å².